The molecule has 0 aliphatic rings. The predicted octanol–water partition coefficient (Wildman–Crippen LogP) is 1.39. The number of aliphatic hydroxyl groups excluding tert-OH is 1. The summed E-state index contributed by atoms with van der Waals surface area (Å²) in [5, 5.41) is 8.99. The molecule has 1 aromatic carbocycles. The first-order valence-electron chi connectivity index (χ1n) is 5.43. The summed E-state index contributed by atoms with van der Waals surface area (Å²) in [6, 6.07) is 2.47. The van der Waals surface area contributed by atoms with Crippen LogP contribution in [0.15, 0.2) is 21.5 Å². The van der Waals surface area contributed by atoms with Gasteiger partial charge >= 0.3 is 0 Å². The highest BCUT2D eigenvalue weighted by Crippen LogP contribution is 2.24. The van der Waals surface area contributed by atoms with Gasteiger partial charge in [-0.05, 0) is 19.1 Å². The number of ether oxygens (including phenoxy) is 1. The number of sulfonamides is 1. The summed E-state index contributed by atoms with van der Waals surface area (Å²) in [4.78, 5) is -0.505. The van der Waals surface area contributed by atoms with Gasteiger partial charge in [0.15, 0.2) is 0 Å². The van der Waals surface area contributed by atoms with Gasteiger partial charge in [-0.25, -0.2) is 17.5 Å². The second-order valence-electron chi connectivity index (χ2n) is 3.93. The third kappa shape index (κ3) is 4.22. The van der Waals surface area contributed by atoms with E-state index >= 15 is 0 Å². The first-order chi connectivity index (χ1) is 8.81. The molecule has 0 radical (unpaired) electrons. The minimum absolute atomic E-state index is 0.0270. The van der Waals surface area contributed by atoms with E-state index in [4.69, 9.17) is 9.84 Å². The van der Waals surface area contributed by atoms with E-state index in [1.807, 2.05) is 0 Å². The minimum Gasteiger partial charge on any atom is -0.392 e. The van der Waals surface area contributed by atoms with Gasteiger partial charge in [0.05, 0.1) is 12.7 Å². The molecule has 1 rings (SSSR count). The number of rotatable bonds is 6. The van der Waals surface area contributed by atoms with Crippen LogP contribution in [0.3, 0.4) is 0 Å². The summed E-state index contributed by atoms with van der Waals surface area (Å²) in [5.41, 5.74) is -0.0884. The number of hydrogen-bond donors (Lipinski definition) is 2. The molecule has 0 saturated carbocycles. The number of nitrogens with one attached hydrogen (secondary N) is 1. The van der Waals surface area contributed by atoms with Gasteiger partial charge in [-0.15, -0.1) is 0 Å². The van der Waals surface area contributed by atoms with Crippen molar-refractivity contribution in [2.24, 2.45) is 0 Å². The first kappa shape index (κ1) is 16.5. The van der Waals surface area contributed by atoms with Gasteiger partial charge in [-0.1, -0.05) is 15.9 Å². The van der Waals surface area contributed by atoms with Gasteiger partial charge in [0.1, 0.15) is 10.7 Å². The lowest BCUT2D eigenvalue weighted by Gasteiger charge is -2.13. The standard InChI is InChI=1S/C11H15BrFNO4S/c1-7(18-2)5-14-19(16,17)10-4-9(12)3-8(6-15)11(10)13/h3-4,7,14-15H,5-6H2,1-2H3. The molecule has 0 spiro atoms. The van der Waals surface area contributed by atoms with Crippen molar-refractivity contribution in [2.75, 3.05) is 13.7 Å². The van der Waals surface area contributed by atoms with Crippen molar-refractivity contribution in [3.8, 4) is 0 Å². The molecule has 5 nitrogen and oxygen atoms in total. The van der Waals surface area contributed by atoms with Crippen LogP contribution in [-0.2, 0) is 21.4 Å². The lowest BCUT2D eigenvalue weighted by Crippen LogP contribution is -2.32. The predicted molar refractivity (Wildman–Crippen MR) is 71.7 cm³/mol. The molecule has 0 heterocycles. The number of aliphatic hydroxyl groups is 1. The molecule has 0 saturated heterocycles. The van der Waals surface area contributed by atoms with Crippen molar-refractivity contribution in [3.63, 3.8) is 0 Å². The molecular weight excluding hydrogens is 341 g/mol. The van der Waals surface area contributed by atoms with Crippen LogP contribution in [-0.4, -0.2) is 33.3 Å². The van der Waals surface area contributed by atoms with Crippen LogP contribution in [0.25, 0.3) is 0 Å². The van der Waals surface area contributed by atoms with Gasteiger partial charge < -0.3 is 9.84 Å². The smallest absolute Gasteiger partial charge is 0.243 e. The molecule has 0 fully saturated rings. The highest BCUT2D eigenvalue weighted by molar-refractivity contribution is 9.10. The number of halogens is 2. The van der Waals surface area contributed by atoms with E-state index in [2.05, 4.69) is 20.7 Å². The lowest BCUT2D eigenvalue weighted by atomic mass is 10.2. The summed E-state index contributed by atoms with van der Waals surface area (Å²) < 4.78 is 45.4. The SMILES string of the molecule is COC(C)CNS(=O)(=O)c1cc(Br)cc(CO)c1F. The Labute approximate surface area is 120 Å². The lowest BCUT2D eigenvalue weighted by molar-refractivity contribution is 0.122. The molecule has 1 unspecified atom stereocenters. The van der Waals surface area contributed by atoms with Crippen LogP contribution >= 0.6 is 15.9 Å². The molecule has 2 N–H and O–H groups in total. The molecule has 1 atom stereocenters. The summed E-state index contributed by atoms with van der Waals surface area (Å²) in [6.07, 6.45) is -0.331. The average Bonchev–Trinajstić information content (AvgIpc) is 2.38. The second-order valence-corrected chi connectivity index (χ2v) is 6.58. The monoisotopic (exact) mass is 355 g/mol. The van der Waals surface area contributed by atoms with E-state index < -0.39 is 27.3 Å². The summed E-state index contributed by atoms with van der Waals surface area (Å²) in [6.45, 7) is 1.13. The van der Waals surface area contributed by atoms with Crippen molar-refractivity contribution in [3.05, 3.63) is 28.0 Å². The summed E-state index contributed by atoms with van der Waals surface area (Å²) >= 11 is 3.08. The highest BCUT2D eigenvalue weighted by Gasteiger charge is 2.22. The van der Waals surface area contributed by atoms with Gasteiger partial charge in [-0.3, -0.25) is 0 Å². The zero-order valence-corrected chi connectivity index (χ0v) is 12.9. The third-order valence-electron chi connectivity index (χ3n) is 2.50. The Bertz CT molecular complexity index is 550. The molecular formula is C11H15BrFNO4S. The molecule has 1 aromatic rings. The Morgan fingerprint density at radius 3 is 2.68 bits per heavy atom. The van der Waals surface area contributed by atoms with Gasteiger partial charge in [0.25, 0.3) is 0 Å². The van der Waals surface area contributed by atoms with E-state index in [9.17, 15) is 12.8 Å². The minimum atomic E-state index is -4.00. The number of methoxy groups -OCH3 is 1. The summed E-state index contributed by atoms with van der Waals surface area (Å²) in [5.74, 6) is -0.955. The molecule has 0 amide bonds. The van der Waals surface area contributed by atoms with E-state index in [0.717, 1.165) is 6.07 Å². The van der Waals surface area contributed by atoms with Crippen LogP contribution in [0.1, 0.15) is 12.5 Å². The zero-order chi connectivity index (χ0) is 14.6. The van der Waals surface area contributed by atoms with Crippen molar-refractivity contribution in [2.45, 2.75) is 24.5 Å². The quantitative estimate of drug-likeness (QED) is 0.808. The number of hydrogen-bond acceptors (Lipinski definition) is 4. The van der Waals surface area contributed by atoms with Gasteiger partial charge in [-0.2, -0.15) is 0 Å². The molecule has 19 heavy (non-hydrogen) atoms. The fraction of sp³-hybridized carbons (Fsp3) is 0.455. The number of benzene rings is 1. The van der Waals surface area contributed by atoms with Crippen LogP contribution in [0, 0.1) is 5.82 Å². The van der Waals surface area contributed by atoms with Crippen molar-refractivity contribution in [1.82, 2.24) is 4.72 Å². The van der Waals surface area contributed by atoms with E-state index in [1.54, 1.807) is 6.92 Å². The van der Waals surface area contributed by atoms with Crippen LogP contribution in [0.5, 0.6) is 0 Å². The zero-order valence-electron chi connectivity index (χ0n) is 10.5. The Balaban J connectivity index is 3.11. The average molecular weight is 356 g/mol. The van der Waals surface area contributed by atoms with E-state index in [0.29, 0.717) is 4.47 Å². The maximum absolute atomic E-state index is 13.9. The first-order valence-corrected chi connectivity index (χ1v) is 7.70. The van der Waals surface area contributed by atoms with Crippen molar-refractivity contribution >= 4 is 26.0 Å². The molecule has 108 valence electrons. The fourth-order valence-corrected chi connectivity index (χ4v) is 3.23. The highest BCUT2D eigenvalue weighted by atomic mass is 79.9. The Kier molecular flexibility index (Phi) is 5.87. The van der Waals surface area contributed by atoms with Gasteiger partial charge in [0.2, 0.25) is 10.0 Å². The van der Waals surface area contributed by atoms with Crippen LogP contribution in [0.2, 0.25) is 0 Å². The van der Waals surface area contributed by atoms with Gasteiger partial charge in [0, 0.05) is 23.7 Å². The molecule has 0 aliphatic heterocycles. The van der Waals surface area contributed by atoms with E-state index in [1.165, 1.54) is 13.2 Å². The Morgan fingerprint density at radius 2 is 2.16 bits per heavy atom. The fourth-order valence-electron chi connectivity index (χ4n) is 1.32. The second kappa shape index (κ2) is 6.76. The molecule has 0 aromatic heterocycles. The molecule has 8 heteroatoms. The molecule has 0 bridgehead atoms. The third-order valence-corrected chi connectivity index (χ3v) is 4.38. The topological polar surface area (TPSA) is 75.6 Å². The summed E-state index contributed by atoms with van der Waals surface area (Å²) in [7, 11) is -2.55. The maximum atomic E-state index is 13.9. The van der Waals surface area contributed by atoms with Crippen molar-refractivity contribution in [1.29, 1.82) is 0 Å². The normalized spacial score (nSPS) is 13.5. The molecule has 0 aliphatic carbocycles. The Hall–Kier alpha value is -0.540. The largest absolute Gasteiger partial charge is 0.392 e. The maximum Gasteiger partial charge on any atom is 0.243 e. The van der Waals surface area contributed by atoms with Crippen molar-refractivity contribution < 1.29 is 22.7 Å². The Morgan fingerprint density at radius 1 is 1.53 bits per heavy atom. The van der Waals surface area contributed by atoms with E-state index in [-0.39, 0.29) is 18.2 Å². The van der Waals surface area contributed by atoms with Crippen LogP contribution in [0.4, 0.5) is 4.39 Å². The van der Waals surface area contributed by atoms with Crippen LogP contribution < -0.4 is 4.72 Å².